The first-order chi connectivity index (χ1) is 8.61. The Bertz CT molecular complexity index is 605. The standard InChI is InChI=1S/C13H14ClN3O/c1-15-8-10-7-12(16-17(2)13(10)18)9-3-5-11(14)6-4-9/h3-7,15H,8H2,1-2H3. The molecule has 1 aromatic heterocycles. The topological polar surface area (TPSA) is 46.9 Å². The fraction of sp³-hybridized carbons (Fsp3) is 0.231. The van der Waals surface area contributed by atoms with Gasteiger partial charge in [-0.15, -0.1) is 0 Å². The molecule has 0 spiro atoms. The Morgan fingerprint density at radius 2 is 2.00 bits per heavy atom. The van der Waals surface area contributed by atoms with Gasteiger partial charge in [-0.25, -0.2) is 4.68 Å². The molecule has 1 heterocycles. The van der Waals surface area contributed by atoms with Crippen molar-refractivity contribution in [3.8, 4) is 11.3 Å². The average molecular weight is 264 g/mol. The molecule has 0 amide bonds. The van der Waals surface area contributed by atoms with Gasteiger partial charge in [0.05, 0.1) is 5.69 Å². The van der Waals surface area contributed by atoms with Crippen molar-refractivity contribution in [2.24, 2.45) is 7.05 Å². The van der Waals surface area contributed by atoms with Gasteiger partial charge >= 0.3 is 0 Å². The molecular formula is C13H14ClN3O. The van der Waals surface area contributed by atoms with Crippen LogP contribution >= 0.6 is 11.6 Å². The minimum atomic E-state index is -0.0814. The van der Waals surface area contributed by atoms with E-state index in [9.17, 15) is 4.79 Å². The molecule has 0 unspecified atom stereocenters. The summed E-state index contributed by atoms with van der Waals surface area (Å²) in [5.41, 5.74) is 2.31. The Morgan fingerprint density at radius 3 is 2.61 bits per heavy atom. The number of aryl methyl sites for hydroxylation is 1. The predicted octanol–water partition coefficient (Wildman–Crippen LogP) is 1.82. The number of nitrogens with one attached hydrogen (secondary N) is 1. The zero-order valence-corrected chi connectivity index (χ0v) is 11.0. The number of aromatic nitrogens is 2. The summed E-state index contributed by atoms with van der Waals surface area (Å²) in [6.45, 7) is 0.524. The molecule has 18 heavy (non-hydrogen) atoms. The Balaban J connectivity index is 2.51. The van der Waals surface area contributed by atoms with Crippen molar-refractivity contribution >= 4 is 11.6 Å². The van der Waals surface area contributed by atoms with Crippen LogP contribution in [0.3, 0.4) is 0 Å². The summed E-state index contributed by atoms with van der Waals surface area (Å²) >= 11 is 5.85. The summed E-state index contributed by atoms with van der Waals surface area (Å²) < 4.78 is 1.36. The van der Waals surface area contributed by atoms with E-state index in [0.717, 1.165) is 11.3 Å². The van der Waals surface area contributed by atoms with Crippen LogP contribution in [0.25, 0.3) is 11.3 Å². The molecule has 0 saturated heterocycles. The Hall–Kier alpha value is -1.65. The molecule has 5 heteroatoms. The minimum Gasteiger partial charge on any atom is -0.315 e. The zero-order valence-electron chi connectivity index (χ0n) is 10.3. The van der Waals surface area contributed by atoms with Gasteiger partial charge in [-0.2, -0.15) is 5.10 Å². The van der Waals surface area contributed by atoms with Gasteiger partial charge < -0.3 is 5.32 Å². The van der Waals surface area contributed by atoms with Gasteiger partial charge in [-0.3, -0.25) is 4.79 Å². The van der Waals surface area contributed by atoms with Crippen LogP contribution in [-0.4, -0.2) is 16.8 Å². The van der Waals surface area contributed by atoms with Gasteiger partial charge in [0.2, 0.25) is 0 Å². The number of rotatable bonds is 3. The molecule has 4 nitrogen and oxygen atoms in total. The lowest BCUT2D eigenvalue weighted by atomic mass is 10.1. The van der Waals surface area contributed by atoms with Crippen LogP contribution in [0.1, 0.15) is 5.56 Å². The lowest BCUT2D eigenvalue weighted by Crippen LogP contribution is -2.26. The van der Waals surface area contributed by atoms with Crippen LogP contribution in [0.2, 0.25) is 5.02 Å². The van der Waals surface area contributed by atoms with Crippen LogP contribution in [0.15, 0.2) is 35.1 Å². The number of nitrogens with zero attached hydrogens (tertiary/aromatic N) is 2. The largest absolute Gasteiger partial charge is 0.315 e. The highest BCUT2D eigenvalue weighted by molar-refractivity contribution is 6.30. The number of benzene rings is 1. The molecule has 0 aliphatic rings. The molecule has 2 aromatic rings. The van der Waals surface area contributed by atoms with E-state index in [2.05, 4.69) is 10.4 Å². The van der Waals surface area contributed by atoms with E-state index < -0.39 is 0 Å². The Labute approximate surface area is 110 Å². The molecule has 0 bridgehead atoms. The van der Waals surface area contributed by atoms with Crippen molar-refractivity contribution < 1.29 is 0 Å². The van der Waals surface area contributed by atoms with Crippen molar-refractivity contribution in [2.75, 3.05) is 7.05 Å². The molecule has 0 aliphatic heterocycles. The molecule has 0 saturated carbocycles. The number of hydrogen-bond donors (Lipinski definition) is 1. The molecular weight excluding hydrogens is 250 g/mol. The highest BCUT2D eigenvalue weighted by atomic mass is 35.5. The molecule has 0 aliphatic carbocycles. The Kier molecular flexibility index (Phi) is 3.79. The monoisotopic (exact) mass is 263 g/mol. The lowest BCUT2D eigenvalue weighted by molar-refractivity contribution is 0.683. The highest BCUT2D eigenvalue weighted by Crippen LogP contribution is 2.19. The summed E-state index contributed by atoms with van der Waals surface area (Å²) in [4.78, 5) is 11.8. The van der Waals surface area contributed by atoms with E-state index in [0.29, 0.717) is 17.1 Å². The quantitative estimate of drug-likeness (QED) is 0.919. The SMILES string of the molecule is CNCc1cc(-c2ccc(Cl)cc2)nn(C)c1=O. The van der Waals surface area contributed by atoms with Crippen molar-refractivity contribution in [1.82, 2.24) is 15.1 Å². The lowest BCUT2D eigenvalue weighted by Gasteiger charge is -2.07. The van der Waals surface area contributed by atoms with Gasteiger partial charge in [0, 0.05) is 29.7 Å². The first-order valence-electron chi connectivity index (χ1n) is 5.59. The fourth-order valence-corrected chi connectivity index (χ4v) is 1.88. The maximum Gasteiger partial charge on any atom is 0.271 e. The summed E-state index contributed by atoms with van der Waals surface area (Å²) in [6, 6.07) is 9.20. The maximum absolute atomic E-state index is 11.8. The van der Waals surface area contributed by atoms with Crippen molar-refractivity contribution in [2.45, 2.75) is 6.54 Å². The third kappa shape index (κ3) is 2.60. The molecule has 0 atom stereocenters. The summed E-state index contributed by atoms with van der Waals surface area (Å²) in [7, 11) is 3.46. The maximum atomic E-state index is 11.8. The smallest absolute Gasteiger partial charge is 0.271 e. The van der Waals surface area contributed by atoms with Crippen LogP contribution in [0.4, 0.5) is 0 Å². The number of halogens is 1. The second-order valence-electron chi connectivity index (χ2n) is 4.02. The van der Waals surface area contributed by atoms with E-state index >= 15 is 0 Å². The van der Waals surface area contributed by atoms with Crippen LogP contribution in [0, 0.1) is 0 Å². The van der Waals surface area contributed by atoms with E-state index in [1.165, 1.54) is 4.68 Å². The van der Waals surface area contributed by atoms with E-state index in [1.807, 2.05) is 25.2 Å². The van der Waals surface area contributed by atoms with Crippen molar-refractivity contribution in [3.63, 3.8) is 0 Å². The summed E-state index contributed by atoms with van der Waals surface area (Å²) in [5, 5.41) is 7.91. The number of hydrogen-bond acceptors (Lipinski definition) is 3. The Morgan fingerprint density at radius 1 is 1.33 bits per heavy atom. The molecule has 2 rings (SSSR count). The van der Waals surface area contributed by atoms with Crippen molar-refractivity contribution in [1.29, 1.82) is 0 Å². The summed E-state index contributed by atoms with van der Waals surface area (Å²) in [6.07, 6.45) is 0. The molecule has 0 radical (unpaired) electrons. The third-order valence-corrected chi connectivity index (χ3v) is 2.90. The van der Waals surface area contributed by atoms with Crippen LogP contribution < -0.4 is 10.9 Å². The predicted molar refractivity (Wildman–Crippen MR) is 72.7 cm³/mol. The second-order valence-corrected chi connectivity index (χ2v) is 4.46. The van der Waals surface area contributed by atoms with Gasteiger partial charge in [0.25, 0.3) is 5.56 Å². The first-order valence-corrected chi connectivity index (χ1v) is 5.97. The minimum absolute atomic E-state index is 0.0814. The fourth-order valence-electron chi connectivity index (χ4n) is 1.75. The molecule has 0 fully saturated rings. The highest BCUT2D eigenvalue weighted by Gasteiger charge is 2.07. The normalized spacial score (nSPS) is 10.6. The van der Waals surface area contributed by atoms with E-state index in [1.54, 1.807) is 19.2 Å². The summed E-state index contributed by atoms with van der Waals surface area (Å²) in [5.74, 6) is 0. The van der Waals surface area contributed by atoms with Gasteiger partial charge in [0.1, 0.15) is 0 Å². The van der Waals surface area contributed by atoms with Gasteiger partial charge in [0.15, 0.2) is 0 Å². The molecule has 1 N–H and O–H groups in total. The third-order valence-electron chi connectivity index (χ3n) is 2.64. The van der Waals surface area contributed by atoms with E-state index in [-0.39, 0.29) is 5.56 Å². The van der Waals surface area contributed by atoms with Gasteiger partial charge in [-0.05, 0) is 25.2 Å². The van der Waals surface area contributed by atoms with Crippen LogP contribution in [0.5, 0.6) is 0 Å². The van der Waals surface area contributed by atoms with Gasteiger partial charge in [-0.1, -0.05) is 23.7 Å². The van der Waals surface area contributed by atoms with E-state index in [4.69, 9.17) is 11.6 Å². The molecule has 94 valence electrons. The second kappa shape index (κ2) is 5.33. The van der Waals surface area contributed by atoms with Crippen LogP contribution in [-0.2, 0) is 13.6 Å². The van der Waals surface area contributed by atoms with Crippen molar-refractivity contribution in [3.05, 3.63) is 51.3 Å². The first kappa shape index (κ1) is 12.8. The average Bonchev–Trinajstić information content (AvgIpc) is 2.36. The zero-order chi connectivity index (χ0) is 13.1. The molecule has 1 aromatic carbocycles.